The van der Waals surface area contributed by atoms with Crippen LogP contribution in [0.25, 0.3) is 0 Å². The zero-order chi connectivity index (χ0) is 13.0. The summed E-state index contributed by atoms with van der Waals surface area (Å²) in [4.78, 5) is 10.2. The lowest BCUT2D eigenvalue weighted by Crippen LogP contribution is -2.46. The molecule has 1 aliphatic rings. The number of anilines is 2. The third-order valence-electron chi connectivity index (χ3n) is 3.12. The van der Waals surface area contributed by atoms with Crippen molar-refractivity contribution in [3.8, 4) is 0 Å². The van der Waals surface area contributed by atoms with E-state index in [9.17, 15) is 5.11 Å². The molecule has 100 valence electrons. The normalized spacial score (nSPS) is 18.4. The number of nitrogens with zero attached hydrogens (tertiary/aromatic N) is 3. The molecule has 1 aromatic rings. The second kappa shape index (κ2) is 5.47. The highest BCUT2D eigenvalue weighted by Gasteiger charge is 2.31. The molecule has 1 aromatic heterocycles. The van der Waals surface area contributed by atoms with Crippen LogP contribution in [-0.2, 0) is 4.74 Å². The Morgan fingerprint density at radius 3 is 2.89 bits per heavy atom. The largest absolute Gasteiger partial charge is 0.388 e. The van der Waals surface area contributed by atoms with Crippen molar-refractivity contribution >= 4 is 11.6 Å². The summed E-state index contributed by atoms with van der Waals surface area (Å²) in [7, 11) is 1.87. The Labute approximate surface area is 106 Å². The van der Waals surface area contributed by atoms with Crippen molar-refractivity contribution in [1.29, 1.82) is 0 Å². The van der Waals surface area contributed by atoms with Gasteiger partial charge in [0, 0.05) is 39.6 Å². The van der Waals surface area contributed by atoms with Crippen LogP contribution >= 0.6 is 0 Å². The van der Waals surface area contributed by atoms with Gasteiger partial charge in [0.2, 0.25) is 0 Å². The van der Waals surface area contributed by atoms with Crippen molar-refractivity contribution in [2.45, 2.75) is 18.4 Å². The molecule has 0 saturated carbocycles. The molecule has 1 aliphatic heterocycles. The molecule has 0 aromatic carbocycles. The quantitative estimate of drug-likeness (QED) is 0.502. The number of aliphatic hydroxyl groups is 1. The fraction of sp³-hybridized carbons (Fsp3) is 0.636. The Balaban J connectivity index is 2.03. The SMILES string of the molecule is CN(CC1(O)CCOCC1)c1cncc(NN)n1. The number of hydrogen-bond donors (Lipinski definition) is 3. The number of aromatic nitrogens is 2. The summed E-state index contributed by atoms with van der Waals surface area (Å²) in [6, 6.07) is 0. The van der Waals surface area contributed by atoms with Gasteiger partial charge in [-0.25, -0.2) is 10.8 Å². The summed E-state index contributed by atoms with van der Waals surface area (Å²) in [5.74, 6) is 6.46. The first-order valence-electron chi connectivity index (χ1n) is 5.93. The summed E-state index contributed by atoms with van der Waals surface area (Å²) in [5.41, 5.74) is 1.73. The van der Waals surface area contributed by atoms with Gasteiger partial charge in [0.1, 0.15) is 5.82 Å². The van der Waals surface area contributed by atoms with E-state index in [1.165, 1.54) is 0 Å². The van der Waals surface area contributed by atoms with Crippen LogP contribution in [0.2, 0.25) is 0 Å². The van der Waals surface area contributed by atoms with Crippen molar-refractivity contribution in [2.24, 2.45) is 5.84 Å². The van der Waals surface area contributed by atoms with Crippen molar-refractivity contribution in [3.05, 3.63) is 12.4 Å². The first-order chi connectivity index (χ1) is 8.63. The van der Waals surface area contributed by atoms with E-state index in [0.717, 1.165) is 0 Å². The average Bonchev–Trinajstić information content (AvgIpc) is 2.39. The standard InChI is InChI=1S/C11H19N5O2/c1-16(8-11(17)2-4-18-5-3-11)10-7-13-6-9(14-10)15-12/h6-7,17H,2-5,8,12H2,1H3,(H,14,15). The lowest BCUT2D eigenvalue weighted by atomic mass is 9.94. The molecule has 1 saturated heterocycles. The van der Waals surface area contributed by atoms with Crippen molar-refractivity contribution < 1.29 is 9.84 Å². The van der Waals surface area contributed by atoms with E-state index in [1.54, 1.807) is 12.4 Å². The van der Waals surface area contributed by atoms with Crippen LogP contribution in [0.3, 0.4) is 0 Å². The van der Waals surface area contributed by atoms with E-state index < -0.39 is 5.60 Å². The molecule has 4 N–H and O–H groups in total. The van der Waals surface area contributed by atoms with Gasteiger partial charge < -0.3 is 20.2 Å². The fourth-order valence-electron chi connectivity index (χ4n) is 2.04. The highest BCUT2D eigenvalue weighted by molar-refractivity contribution is 5.42. The minimum atomic E-state index is -0.721. The molecule has 2 rings (SSSR count). The first kappa shape index (κ1) is 13.0. The van der Waals surface area contributed by atoms with Gasteiger partial charge in [0.15, 0.2) is 5.82 Å². The van der Waals surface area contributed by atoms with Gasteiger partial charge in [-0.3, -0.25) is 4.98 Å². The van der Waals surface area contributed by atoms with Gasteiger partial charge in [-0.1, -0.05) is 0 Å². The molecule has 0 spiro atoms. The Kier molecular flexibility index (Phi) is 3.95. The lowest BCUT2D eigenvalue weighted by molar-refractivity contribution is -0.0573. The minimum Gasteiger partial charge on any atom is -0.388 e. The molecule has 2 heterocycles. The predicted octanol–water partition coefficient (Wildman–Crippen LogP) is -0.260. The molecular formula is C11H19N5O2. The van der Waals surface area contributed by atoms with E-state index in [-0.39, 0.29) is 0 Å². The van der Waals surface area contributed by atoms with Crippen LogP contribution in [-0.4, -0.2) is 47.5 Å². The maximum atomic E-state index is 10.4. The number of nitrogen functional groups attached to an aromatic ring is 1. The zero-order valence-electron chi connectivity index (χ0n) is 10.5. The Bertz CT molecular complexity index is 395. The van der Waals surface area contributed by atoms with Gasteiger partial charge in [0.05, 0.1) is 18.0 Å². The number of hydrogen-bond acceptors (Lipinski definition) is 7. The number of nitrogens with one attached hydrogen (secondary N) is 1. The van der Waals surface area contributed by atoms with E-state index >= 15 is 0 Å². The molecule has 7 nitrogen and oxygen atoms in total. The number of likely N-dealkylation sites (N-methyl/N-ethyl adjacent to an activating group) is 1. The molecule has 0 radical (unpaired) electrons. The average molecular weight is 253 g/mol. The summed E-state index contributed by atoms with van der Waals surface area (Å²) >= 11 is 0. The van der Waals surface area contributed by atoms with E-state index in [2.05, 4.69) is 15.4 Å². The third kappa shape index (κ3) is 3.06. The molecule has 0 aliphatic carbocycles. The molecule has 1 fully saturated rings. The van der Waals surface area contributed by atoms with E-state index in [0.29, 0.717) is 44.2 Å². The van der Waals surface area contributed by atoms with Crippen LogP contribution < -0.4 is 16.2 Å². The molecule has 18 heavy (non-hydrogen) atoms. The minimum absolute atomic E-state index is 0.498. The maximum absolute atomic E-state index is 10.4. The van der Waals surface area contributed by atoms with Crippen LogP contribution in [0.15, 0.2) is 12.4 Å². The molecular weight excluding hydrogens is 234 g/mol. The Morgan fingerprint density at radius 2 is 2.22 bits per heavy atom. The van der Waals surface area contributed by atoms with Gasteiger partial charge in [0.25, 0.3) is 0 Å². The second-order valence-corrected chi connectivity index (χ2v) is 4.60. The van der Waals surface area contributed by atoms with Crippen LogP contribution in [0, 0.1) is 0 Å². The number of ether oxygens (including phenoxy) is 1. The van der Waals surface area contributed by atoms with Crippen LogP contribution in [0.1, 0.15) is 12.8 Å². The van der Waals surface area contributed by atoms with Crippen molar-refractivity contribution in [2.75, 3.05) is 37.1 Å². The lowest BCUT2D eigenvalue weighted by Gasteiger charge is -2.35. The summed E-state index contributed by atoms with van der Waals surface area (Å²) in [5, 5.41) is 10.4. The topological polar surface area (TPSA) is 96.5 Å². The molecule has 7 heteroatoms. The second-order valence-electron chi connectivity index (χ2n) is 4.60. The highest BCUT2D eigenvalue weighted by Crippen LogP contribution is 2.23. The number of rotatable bonds is 4. The summed E-state index contributed by atoms with van der Waals surface area (Å²) in [6.07, 6.45) is 4.46. The molecule has 0 unspecified atom stereocenters. The van der Waals surface area contributed by atoms with Gasteiger partial charge >= 0.3 is 0 Å². The van der Waals surface area contributed by atoms with E-state index in [4.69, 9.17) is 10.6 Å². The van der Waals surface area contributed by atoms with Gasteiger partial charge in [-0.05, 0) is 0 Å². The van der Waals surface area contributed by atoms with Crippen LogP contribution in [0.5, 0.6) is 0 Å². The third-order valence-corrected chi connectivity index (χ3v) is 3.12. The summed E-state index contributed by atoms with van der Waals surface area (Å²) < 4.78 is 5.26. The monoisotopic (exact) mass is 253 g/mol. The fourth-order valence-corrected chi connectivity index (χ4v) is 2.04. The number of hydrazine groups is 1. The van der Waals surface area contributed by atoms with Gasteiger partial charge in [-0.2, -0.15) is 0 Å². The Hall–Kier alpha value is -1.44. The zero-order valence-corrected chi connectivity index (χ0v) is 10.5. The Morgan fingerprint density at radius 1 is 1.50 bits per heavy atom. The first-order valence-corrected chi connectivity index (χ1v) is 5.93. The van der Waals surface area contributed by atoms with E-state index in [1.807, 2.05) is 11.9 Å². The molecule has 0 amide bonds. The molecule has 0 atom stereocenters. The molecule has 0 bridgehead atoms. The van der Waals surface area contributed by atoms with Gasteiger partial charge in [-0.15, -0.1) is 0 Å². The number of nitrogens with two attached hydrogens (primary N) is 1. The summed E-state index contributed by atoms with van der Waals surface area (Å²) in [6.45, 7) is 1.69. The predicted molar refractivity (Wildman–Crippen MR) is 68.1 cm³/mol. The van der Waals surface area contributed by atoms with Crippen molar-refractivity contribution in [1.82, 2.24) is 9.97 Å². The highest BCUT2D eigenvalue weighted by atomic mass is 16.5. The van der Waals surface area contributed by atoms with Crippen LogP contribution in [0.4, 0.5) is 11.6 Å². The maximum Gasteiger partial charge on any atom is 0.160 e. The van der Waals surface area contributed by atoms with Crippen molar-refractivity contribution in [3.63, 3.8) is 0 Å². The smallest absolute Gasteiger partial charge is 0.160 e.